The van der Waals surface area contributed by atoms with E-state index in [9.17, 15) is 4.79 Å². The zero-order valence-corrected chi connectivity index (χ0v) is 19.3. The number of esters is 1. The summed E-state index contributed by atoms with van der Waals surface area (Å²) in [6, 6.07) is 10.9. The molecule has 160 valence electrons. The Labute approximate surface area is 190 Å². The van der Waals surface area contributed by atoms with Gasteiger partial charge in [-0.1, -0.05) is 35.0 Å². The van der Waals surface area contributed by atoms with E-state index in [-0.39, 0.29) is 5.97 Å². The highest BCUT2D eigenvalue weighted by molar-refractivity contribution is 7.98. The average Bonchev–Trinajstić information content (AvgIpc) is 3.08. The molecule has 0 saturated carbocycles. The number of carbonyl (C=O) groups is 1. The highest BCUT2D eigenvalue weighted by Gasteiger charge is 2.15. The van der Waals surface area contributed by atoms with Crippen molar-refractivity contribution in [1.82, 2.24) is 9.55 Å². The standard InChI is InChI=1S/C22H24Cl2N2O3S/c1-3-28-11-5-10-26-20-9-6-15(21(27)29-4-2)13-19(20)25-22(26)30-14-16-12-17(23)7-8-18(16)24/h6-9,12-13H,3-5,10-11,14H2,1-2H3. The minimum Gasteiger partial charge on any atom is -0.462 e. The van der Waals surface area contributed by atoms with Gasteiger partial charge in [0.05, 0.1) is 23.2 Å². The van der Waals surface area contributed by atoms with Crippen LogP contribution in [0.2, 0.25) is 10.0 Å². The van der Waals surface area contributed by atoms with Gasteiger partial charge in [0.25, 0.3) is 0 Å². The Morgan fingerprint density at radius 3 is 2.73 bits per heavy atom. The lowest BCUT2D eigenvalue weighted by molar-refractivity contribution is 0.0526. The zero-order valence-electron chi connectivity index (χ0n) is 17.0. The SMILES string of the molecule is CCOCCCn1c(SCc2cc(Cl)ccc2Cl)nc2cc(C(=O)OCC)ccc21. The summed E-state index contributed by atoms with van der Waals surface area (Å²) in [5, 5.41) is 2.19. The van der Waals surface area contributed by atoms with Gasteiger partial charge in [0.1, 0.15) is 0 Å². The number of fused-ring (bicyclic) bond motifs is 1. The Balaban J connectivity index is 1.89. The maximum absolute atomic E-state index is 12.1. The maximum Gasteiger partial charge on any atom is 0.338 e. The summed E-state index contributed by atoms with van der Waals surface area (Å²) in [4.78, 5) is 16.9. The van der Waals surface area contributed by atoms with Crippen LogP contribution >= 0.6 is 35.0 Å². The predicted molar refractivity (Wildman–Crippen MR) is 123 cm³/mol. The van der Waals surface area contributed by atoms with Crippen LogP contribution in [0.4, 0.5) is 0 Å². The molecule has 0 unspecified atom stereocenters. The maximum atomic E-state index is 12.1. The molecular formula is C22H24Cl2N2O3S. The van der Waals surface area contributed by atoms with Crippen molar-refractivity contribution in [2.45, 2.75) is 37.7 Å². The van der Waals surface area contributed by atoms with E-state index in [0.29, 0.717) is 41.2 Å². The van der Waals surface area contributed by atoms with Crippen molar-refractivity contribution in [1.29, 1.82) is 0 Å². The number of aryl methyl sites for hydroxylation is 1. The van der Waals surface area contributed by atoms with Crippen LogP contribution in [0, 0.1) is 0 Å². The van der Waals surface area contributed by atoms with Crippen LogP contribution in [0.5, 0.6) is 0 Å². The molecule has 0 aliphatic carbocycles. The summed E-state index contributed by atoms with van der Waals surface area (Å²) in [6.45, 7) is 6.26. The van der Waals surface area contributed by atoms with Gasteiger partial charge in [-0.05, 0) is 62.2 Å². The van der Waals surface area contributed by atoms with Crippen LogP contribution < -0.4 is 0 Å². The van der Waals surface area contributed by atoms with Crippen molar-refractivity contribution in [2.24, 2.45) is 0 Å². The molecule has 8 heteroatoms. The number of aromatic nitrogens is 2. The Morgan fingerprint density at radius 1 is 1.13 bits per heavy atom. The summed E-state index contributed by atoms with van der Waals surface area (Å²) in [7, 11) is 0. The second-order valence-electron chi connectivity index (χ2n) is 6.54. The zero-order chi connectivity index (χ0) is 21.5. The molecule has 0 amide bonds. The number of ether oxygens (including phenoxy) is 2. The lowest BCUT2D eigenvalue weighted by Gasteiger charge is -2.10. The van der Waals surface area contributed by atoms with Crippen molar-refractivity contribution >= 4 is 52.0 Å². The van der Waals surface area contributed by atoms with E-state index in [1.54, 1.807) is 43.0 Å². The summed E-state index contributed by atoms with van der Waals surface area (Å²) in [5.41, 5.74) is 3.18. The number of imidazole rings is 1. The van der Waals surface area contributed by atoms with Gasteiger partial charge in [-0.2, -0.15) is 0 Å². The molecule has 0 aliphatic heterocycles. The van der Waals surface area contributed by atoms with E-state index >= 15 is 0 Å². The first-order valence-electron chi connectivity index (χ1n) is 9.85. The summed E-state index contributed by atoms with van der Waals surface area (Å²) in [5.74, 6) is 0.295. The number of rotatable bonds is 10. The molecular weight excluding hydrogens is 443 g/mol. The third-order valence-corrected chi connectivity index (χ3v) is 6.09. The topological polar surface area (TPSA) is 53.4 Å². The van der Waals surface area contributed by atoms with Gasteiger partial charge < -0.3 is 14.0 Å². The van der Waals surface area contributed by atoms with Crippen LogP contribution in [0.3, 0.4) is 0 Å². The fourth-order valence-electron chi connectivity index (χ4n) is 3.04. The Bertz CT molecular complexity index is 1020. The Kier molecular flexibility index (Phi) is 8.45. The molecule has 2 aromatic carbocycles. The number of benzene rings is 2. The van der Waals surface area contributed by atoms with Gasteiger partial charge in [-0.15, -0.1) is 0 Å². The van der Waals surface area contributed by atoms with E-state index in [4.69, 9.17) is 37.7 Å². The fourth-order valence-corrected chi connectivity index (χ4v) is 4.53. The third-order valence-electron chi connectivity index (χ3n) is 4.46. The predicted octanol–water partition coefficient (Wildman–Crippen LogP) is 6.24. The van der Waals surface area contributed by atoms with Gasteiger partial charge in [0.15, 0.2) is 5.16 Å². The van der Waals surface area contributed by atoms with E-state index < -0.39 is 0 Å². The number of hydrogen-bond acceptors (Lipinski definition) is 5. The number of halogens is 2. The Hall–Kier alpha value is -1.73. The van der Waals surface area contributed by atoms with Crippen LogP contribution in [0.15, 0.2) is 41.6 Å². The van der Waals surface area contributed by atoms with Crippen molar-refractivity contribution in [2.75, 3.05) is 19.8 Å². The van der Waals surface area contributed by atoms with Crippen LogP contribution in [0.1, 0.15) is 36.2 Å². The minimum absolute atomic E-state index is 0.338. The highest BCUT2D eigenvalue weighted by atomic mass is 35.5. The van der Waals surface area contributed by atoms with Crippen molar-refractivity contribution in [3.05, 3.63) is 57.6 Å². The lowest BCUT2D eigenvalue weighted by Crippen LogP contribution is -2.05. The first kappa shape index (κ1) is 22.9. The first-order valence-corrected chi connectivity index (χ1v) is 11.6. The smallest absolute Gasteiger partial charge is 0.338 e. The second-order valence-corrected chi connectivity index (χ2v) is 8.33. The van der Waals surface area contributed by atoms with E-state index in [2.05, 4.69) is 4.57 Å². The van der Waals surface area contributed by atoms with E-state index in [1.165, 1.54) is 0 Å². The third kappa shape index (κ3) is 5.70. The molecule has 0 bridgehead atoms. The number of nitrogens with zero attached hydrogens (tertiary/aromatic N) is 2. The van der Waals surface area contributed by atoms with Crippen molar-refractivity contribution in [3.63, 3.8) is 0 Å². The summed E-state index contributed by atoms with van der Waals surface area (Å²) in [6.07, 6.45) is 0.865. The molecule has 0 atom stereocenters. The largest absolute Gasteiger partial charge is 0.462 e. The summed E-state index contributed by atoms with van der Waals surface area (Å²) < 4.78 is 12.8. The minimum atomic E-state index is -0.342. The molecule has 0 saturated heterocycles. The molecule has 0 spiro atoms. The molecule has 5 nitrogen and oxygen atoms in total. The monoisotopic (exact) mass is 466 g/mol. The van der Waals surface area contributed by atoms with Crippen LogP contribution in [-0.2, 0) is 21.8 Å². The first-order chi connectivity index (χ1) is 14.5. The van der Waals surface area contributed by atoms with Gasteiger partial charge >= 0.3 is 5.97 Å². The Morgan fingerprint density at radius 2 is 1.97 bits per heavy atom. The second kappa shape index (κ2) is 11.0. The van der Waals surface area contributed by atoms with Crippen molar-refractivity contribution in [3.8, 4) is 0 Å². The molecule has 0 N–H and O–H groups in total. The van der Waals surface area contributed by atoms with E-state index in [1.807, 2.05) is 19.1 Å². The molecule has 0 fully saturated rings. The quantitative estimate of drug-likeness (QED) is 0.201. The average molecular weight is 467 g/mol. The van der Waals surface area contributed by atoms with Crippen molar-refractivity contribution < 1.29 is 14.3 Å². The normalized spacial score (nSPS) is 11.2. The van der Waals surface area contributed by atoms with Gasteiger partial charge in [-0.3, -0.25) is 0 Å². The van der Waals surface area contributed by atoms with Gasteiger partial charge in [-0.25, -0.2) is 9.78 Å². The molecule has 3 aromatic rings. The number of thioether (sulfide) groups is 1. The molecule has 0 aliphatic rings. The van der Waals surface area contributed by atoms with Gasteiger partial charge in [0.2, 0.25) is 0 Å². The van der Waals surface area contributed by atoms with Crippen LogP contribution in [-0.4, -0.2) is 35.3 Å². The molecule has 30 heavy (non-hydrogen) atoms. The molecule has 3 rings (SSSR count). The van der Waals surface area contributed by atoms with E-state index in [0.717, 1.165) is 34.7 Å². The number of carbonyl (C=O) groups excluding carboxylic acids is 1. The lowest BCUT2D eigenvalue weighted by atomic mass is 10.2. The molecule has 1 heterocycles. The number of hydrogen-bond donors (Lipinski definition) is 0. The van der Waals surface area contributed by atoms with Gasteiger partial charge in [0, 0.05) is 35.6 Å². The molecule has 1 aromatic heterocycles. The molecule has 0 radical (unpaired) electrons. The highest BCUT2D eigenvalue weighted by Crippen LogP contribution is 2.31. The van der Waals surface area contributed by atoms with Crippen LogP contribution in [0.25, 0.3) is 11.0 Å². The fraction of sp³-hybridized carbons (Fsp3) is 0.364. The summed E-state index contributed by atoms with van der Waals surface area (Å²) >= 11 is 14.0.